The van der Waals surface area contributed by atoms with Crippen molar-refractivity contribution in [2.75, 3.05) is 26.3 Å². The van der Waals surface area contributed by atoms with Crippen LogP contribution in [-0.2, 0) is 14.3 Å². The number of nitrogens with zero attached hydrogens (tertiary/aromatic N) is 4. The Labute approximate surface area is 141 Å². The Balaban J connectivity index is 5.02. The van der Waals surface area contributed by atoms with Crippen LogP contribution in [0, 0.1) is 10.1 Å². The van der Waals surface area contributed by atoms with Gasteiger partial charge in [-0.05, 0) is 20.3 Å². The van der Waals surface area contributed by atoms with Crippen LogP contribution in [-0.4, -0.2) is 54.5 Å². The molecule has 0 saturated carbocycles. The second kappa shape index (κ2) is 12.9. The number of likely N-dealkylation sites (N-methyl/N-ethyl adjacent to an activating group) is 1. The molecule has 0 aromatic rings. The third-order valence-corrected chi connectivity index (χ3v) is 2.57. The Kier molecular flexibility index (Phi) is 11.4. The Morgan fingerprint density at radius 3 is 2.58 bits per heavy atom. The fourth-order valence-corrected chi connectivity index (χ4v) is 1.39. The normalized spacial score (nSPS) is 12.3. The van der Waals surface area contributed by atoms with E-state index in [1.165, 1.54) is 6.34 Å². The minimum absolute atomic E-state index is 0.0241. The van der Waals surface area contributed by atoms with Gasteiger partial charge in [0.05, 0.1) is 24.5 Å². The molecule has 10 nitrogen and oxygen atoms in total. The SMILES string of the molecule is CCCCOC(/N=C/N(CC)CC(=O)OCC)=N/C(N)=C\[N+](=O)[O-]. The van der Waals surface area contributed by atoms with Crippen molar-refractivity contribution in [3.8, 4) is 0 Å². The standard InChI is InChI=1S/C14H25N5O5/c1-4-7-8-24-14(17-12(15)9-19(21)22)16-11-18(5-2)10-13(20)23-6-3/h9,11H,4-8,10,15H2,1-3H3/b12-9-,16-11+,17-14+. The molecule has 0 radical (unpaired) electrons. The molecule has 2 N–H and O–H groups in total. The van der Waals surface area contributed by atoms with Gasteiger partial charge in [0.1, 0.15) is 6.54 Å². The minimum Gasteiger partial charge on any atom is -0.465 e. The lowest BCUT2D eigenvalue weighted by molar-refractivity contribution is -0.403. The van der Waals surface area contributed by atoms with Crippen LogP contribution in [0.2, 0.25) is 0 Å². The first-order valence-electron chi connectivity index (χ1n) is 7.68. The summed E-state index contributed by atoms with van der Waals surface area (Å²) < 4.78 is 10.2. The van der Waals surface area contributed by atoms with Crippen molar-refractivity contribution < 1.29 is 19.2 Å². The van der Waals surface area contributed by atoms with Gasteiger partial charge >= 0.3 is 12.0 Å². The van der Waals surface area contributed by atoms with E-state index in [0.29, 0.717) is 26.0 Å². The van der Waals surface area contributed by atoms with Crippen LogP contribution in [0.4, 0.5) is 0 Å². The van der Waals surface area contributed by atoms with Crippen molar-refractivity contribution >= 4 is 18.3 Å². The van der Waals surface area contributed by atoms with Gasteiger partial charge in [-0.1, -0.05) is 13.3 Å². The molecule has 0 aromatic heterocycles. The van der Waals surface area contributed by atoms with Crippen molar-refractivity contribution in [2.45, 2.75) is 33.6 Å². The minimum atomic E-state index is -0.717. The predicted molar refractivity (Wildman–Crippen MR) is 89.9 cm³/mol. The highest BCUT2D eigenvalue weighted by molar-refractivity contribution is 5.84. The van der Waals surface area contributed by atoms with Crippen LogP contribution >= 0.6 is 0 Å². The van der Waals surface area contributed by atoms with Crippen LogP contribution in [0.25, 0.3) is 0 Å². The van der Waals surface area contributed by atoms with Gasteiger partial charge in [0.15, 0.2) is 5.82 Å². The summed E-state index contributed by atoms with van der Waals surface area (Å²) in [7, 11) is 0. The molecule has 0 aliphatic carbocycles. The Morgan fingerprint density at radius 2 is 2.04 bits per heavy atom. The fourth-order valence-electron chi connectivity index (χ4n) is 1.39. The molecule has 0 heterocycles. The number of carbonyl (C=O) groups is 1. The molecule has 0 saturated heterocycles. The van der Waals surface area contributed by atoms with E-state index < -0.39 is 4.92 Å². The summed E-state index contributed by atoms with van der Waals surface area (Å²) in [6.45, 7) is 6.72. The van der Waals surface area contributed by atoms with Gasteiger partial charge in [0, 0.05) is 6.54 Å². The number of nitro groups is 1. The highest BCUT2D eigenvalue weighted by Crippen LogP contribution is 1.97. The number of rotatable bonds is 10. The van der Waals surface area contributed by atoms with E-state index in [1.54, 1.807) is 11.8 Å². The Hall–Kier alpha value is -2.65. The first kappa shape index (κ1) is 21.3. The van der Waals surface area contributed by atoms with Gasteiger partial charge in [0.2, 0.25) is 0 Å². The molecule has 0 atom stereocenters. The molecule has 10 heteroatoms. The molecule has 136 valence electrons. The van der Waals surface area contributed by atoms with Gasteiger partial charge in [-0.3, -0.25) is 14.9 Å². The summed E-state index contributed by atoms with van der Waals surface area (Å²) >= 11 is 0. The number of esters is 1. The highest BCUT2D eigenvalue weighted by Gasteiger charge is 2.08. The molecule has 0 amide bonds. The number of aliphatic imine (C=N–C) groups is 2. The Morgan fingerprint density at radius 1 is 1.33 bits per heavy atom. The third-order valence-electron chi connectivity index (χ3n) is 2.57. The lowest BCUT2D eigenvalue weighted by Crippen LogP contribution is -2.30. The van der Waals surface area contributed by atoms with Gasteiger partial charge in [-0.2, -0.15) is 9.98 Å². The first-order valence-corrected chi connectivity index (χ1v) is 7.68. The van der Waals surface area contributed by atoms with Crippen LogP contribution in [0.5, 0.6) is 0 Å². The van der Waals surface area contributed by atoms with Crippen molar-refractivity contribution in [1.82, 2.24) is 4.90 Å². The molecule has 0 bridgehead atoms. The molecule has 0 aromatic carbocycles. The molecule has 0 aliphatic rings. The molecule has 0 aliphatic heterocycles. The summed E-state index contributed by atoms with van der Waals surface area (Å²) in [5.41, 5.74) is 5.43. The van der Waals surface area contributed by atoms with Crippen molar-refractivity contribution in [3.63, 3.8) is 0 Å². The second-order valence-corrected chi connectivity index (χ2v) is 4.55. The number of carbonyl (C=O) groups excluding carboxylic acids is 1. The van der Waals surface area contributed by atoms with Crippen LogP contribution in [0.1, 0.15) is 33.6 Å². The number of ether oxygens (including phenoxy) is 2. The topological polar surface area (TPSA) is 133 Å². The van der Waals surface area contributed by atoms with E-state index >= 15 is 0 Å². The molecule has 0 spiro atoms. The van der Waals surface area contributed by atoms with Gasteiger partial charge in [-0.25, -0.2) is 0 Å². The summed E-state index contributed by atoms with van der Waals surface area (Å²) in [6.07, 6.45) is 3.59. The average molecular weight is 343 g/mol. The van der Waals surface area contributed by atoms with Crippen LogP contribution in [0.3, 0.4) is 0 Å². The maximum absolute atomic E-state index is 11.5. The van der Waals surface area contributed by atoms with E-state index in [-0.39, 0.29) is 24.4 Å². The number of hydrogen-bond donors (Lipinski definition) is 1. The van der Waals surface area contributed by atoms with E-state index in [9.17, 15) is 14.9 Å². The highest BCUT2D eigenvalue weighted by atomic mass is 16.6. The summed E-state index contributed by atoms with van der Waals surface area (Å²) in [5, 5.41) is 10.4. The quantitative estimate of drug-likeness (QED) is 0.157. The lowest BCUT2D eigenvalue weighted by atomic mass is 10.4. The molecular formula is C14H25N5O5. The molecule has 24 heavy (non-hydrogen) atoms. The van der Waals surface area contributed by atoms with E-state index in [1.807, 2.05) is 13.8 Å². The summed E-state index contributed by atoms with van der Waals surface area (Å²) in [5.74, 6) is -0.721. The number of unbranched alkanes of at least 4 members (excludes halogenated alkanes) is 1. The summed E-state index contributed by atoms with van der Waals surface area (Å²) in [4.78, 5) is 30.5. The smallest absolute Gasteiger partial charge is 0.325 e. The predicted octanol–water partition coefficient (Wildman–Crippen LogP) is 1.11. The van der Waals surface area contributed by atoms with Gasteiger partial charge in [0.25, 0.3) is 6.20 Å². The fraction of sp³-hybridized carbons (Fsp3) is 0.643. The summed E-state index contributed by atoms with van der Waals surface area (Å²) in [6, 6.07) is -0.110. The van der Waals surface area contributed by atoms with Crippen molar-refractivity contribution in [3.05, 3.63) is 22.1 Å². The molecule has 0 unspecified atom stereocenters. The maximum Gasteiger partial charge on any atom is 0.325 e. The zero-order valence-electron chi connectivity index (χ0n) is 14.3. The molecular weight excluding hydrogens is 318 g/mol. The van der Waals surface area contributed by atoms with Gasteiger partial charge in [-0.15, -0.1) is 0 Å². The number of hydrogen-bond acceptors (Lipinski definition) is 7. The van der Waals surface area contributed by atoms with Crippen LogP contribution in [0.15, 0.2) is 22.0 Å². The largest absolute Gasteiger partial charge is 0.465 e. The zero-order chi connectivity index (χ0) is 18.4. The Bertz CT molecular complexity index is 490. The number of amidine groups is 1. The number of nitrogens with two attached hydrogens (primary N) is 1. The van der Waals surface area contributed by atoms with Crippen LogP contribution < -0.4 is 5.73 Å². The molecule has 0 fully saturated rings. The van der Waals surface area contributed by atoms with Crippen molar-refractivity contribution in [2.24, 2.45) is 15.7 Å². The lowest BCUT2D eigenvalue weighted by Gasteiger charge is -2.15. The monoisotopic (exact) mass is 343 g/mol. The first-order chi connectivity index (χ1) is 11.4. The van der Waals surface area contributed by atoms with E-state index in [0.717, 1.165) is 12.8 Å². The third kappa shape index (κ3) is 11.0. The second-order valence-electron chi connectivity index (χ2n) is 4.55. The van der Waals surface area contributed by atoms with E-state index in [2.05, 4.69) is 9.98 Å². The van der Waals surface area contributed by atoms with Gasteiger partial charge < -0.3 is 20.1 Å². The molecule has 0 rings (SSSR count). The van der Waals surface area contributed by atoms with E-state index in [4.69, 9.17) is 15.2 Å². The average Bonchev–Trinajstić information content (AvgIpc) is 2.50. The zero-order valence-corrected chi connectivity index (χ0v) is 14.3. The maximum atomic E-state index is 11.5. The van der Waals surface area contributed by atoms with Crippen molar-refractivity contribution in [1.29, 1.82) is 0 Å².